The molecule has 15 N–H and O–H groups in total. The standard InChI is InChI=1S/C80H110ClN13O21S6/c1-42-22-21-28-60(112-12)80(108)38-58(113-77(107)91-80)43(2)67-79(8,115-67)61(37-63(97)94(10)56-34-48(32-42)35-57(111-11)64(56)81)114-76(106)45(4)93(9)62(96)29-31-117-120-78(6,7)66(68(83)98)90-74(104)55-41-119-118-40-54(87-72(102)53(92-121(13,109)110)33-47-23-15-14-16-24-47)73(103)86-52(36-49-39-116-59-27-18-17-25-50(49)59)71(101)84-44(3)69(99)85-51(26-19-20-30-82)70(100)89-65(46(5)95)75(105)88-55/h14-18,21-25,27-28,34-35,39,43-46,51-55,58,60-61,65-67,92,95,108H,19-20,26,29-33,36-38,40-41,82H2,1-13H3,(H2,83,98)(H,84,101)(H,85,99)(H,86,103)(H,87,102)(H,88,105)(H,89,100)(H,90,104)(H,91,107)/b28-21+,42-22+/t43-,44-,45+,46-,51+,52+,53-,54+,55+,58+,60-,61+,65+,66-,67?,79+,80+/m1/s1. The first kappa shape index (κ1) is 98.2. The van der Waals surface area contributed by atoms with Gasteiger partial charge in [-0.15, -0.1) is 11.3 Å². The van der Waals surface area contributed by atoms with Crippen LogP contribution in [-0.2, 0) is 101 Å². The molecule has 4 bridgehead atoms. The van der Waals surface area contributed by atoms with Crippen molar-refractivity contribution in [3.63, 3.8) is 0 Å². The number of nitrogens with one attached hydrogen (secondary N) is 9. The van der Waals surface area contributed by atoms with Crippen molar-refractivity contribution >= 4 is 163 Å². The number of sulfonamides is 1. The molecule has 4 aromatic rings. The number of likely N-dealkylation sites (N-methyl/N-ethyl adjacent to an activating group) is 1. The number of ether oxygens (including phenoxy) is 5. The highest BCUT2D eigenvalue weighted by atomic mass is 35.5. The van der Waals surface area contributed by atoms with Gasteiger partial charge in [0.2, 0.25) is 69.1 Å². The molecule has 4 aliphatic rings. The van der Waals surface area contributed by atoms with Crippen molar-refractivity contribution in [3.8, 4) is 5.75 Å². The second-order valence-electron chi connectivity index (χ2n) is 31.2. The molecule has 41 heteroatoms. The summed E-state index contributed by atoms with van der Waals surface area (Å²) in [6.07, 6.45) is -1.10. The molecule has 3 fully saturated rings. The smallest absolute Gasteiger partial charge is 0.409 e. The lowest BCUT2D eigenvalue weighted by atomic mass is 9.83. The second-order valence-corrected chi connectivity index (χ2v) is 39.8. The highest BCUT2D eigenvalue weighted by Gasteiger charge is 2.65. The summed E-state index contributed by atoms with van der Waals surface area (Å²) in [5, 5.41) is 46.8. The van der Waals surface area contributed by atoms with Gasteiger partial charge in [-0.05, 0) is 133 Å². The zero-order valence-electron chi connectivity index (χ0n) is 69.5. The third-order valence-corrected chi connectivity index (χ3v) is 29.1. The Morgan fingerprint density at radius 2 is 1.58 bits per heavy atom. The minimum Gasteiger partial charge on any atom is -0.495 e. The molecule has 8 rings (SSSR count). The first-order valence-corrected chi connectivity index (χ1v) is 47.1. The number of amides is 11. The molecule has 1 aromatic heterocycles. The first-order chi connectivity index (χ1) is 57.0. The van der Waals surface area contributed by atoms with Crippen LogP contribution in [0.25, 0.3) is 10.1 Å². The highest BCUT2D eigenvalue weighted by molar-refractivity contribution is 8.77. The fraction of sp³-hybridized carbons (Fsp3) is 0.550. The van der Waals surface area contributed by atoms with Gasteiger partial charge < -0.3 is 92.4 Å². The summed E-state index contributed by atoms with van der Waals surface area (Å²) >= 11 is 8.27. The summed E-state index contributed by atoms with van der Waals surface area (Å²) in [5.74, 6) is -11.0. The van der Waals surface area contributed by atoms with Gasteiger partial charge >= 0.3 is 12.1 Å². The monoisotopic (exact) mass is 1820 g/mol. The van der Waals surface area contributed by atoms with Crippen LogP contribution in [0.2, 0.25) is 5.02 Å². The third-order valence-electron chi connectivity index (χ3n) is 21.3. The normalized spacial score (nSPS) is 26.9. The summed E-state index contributed by atoms with van der Waals surface area (Å²) in [5.41, 5.74) is 11.5. The topological polar surface area (TPSA) is 496 Å². The van der Waals surface area contributed by atoms with Gasteiger partial charge in [-0.25, -0.2) is 22.7 Å². The molecule has 11 amide bonds. The number of nitrogens with two attached hydrogens (primary N) is 2. The minimum atomic E-state index is -4.09. The number of anilines is 1. The van der Waals surface area contributed by atoms with E-state index in [9.17, 15) is 71.4 Å². The van der Waals surface area contributed by atoms with Gasteiger partial charge in [-0.2, -0.15) is 0 Å². The molecule has 1 unspecified atom stereocenters. The summed E-state index contributed by atoms with van der Waals surface area (Å²) in [6.45, 7) is 12.5. The Morgan fingerprint density at radius 1 is 0.901 bits per heavy atom. The van der Waals surface area contributed by atoms with E-state index in [1.54, 1.807) is 99.8 Å². The van der Waals surface area contributed by atoms with Gasteiger partial charge in [0.25, 0.3) is 0 Å². The quantitative estimate of drug-likeness (QED) is 0.0176. The number of thiophene rings is 1. The molecule has 664 valence electrons. The number of primary amides is 1. The highest BCUT2D eigenvalue weighted by Crippen LogP contribution is 2.50. The average molecular weight is 1820 g/mol. The van der Waals surface area contributed by atoms with Crippen LogP contribution in [0, 0.1) is 5.92 Å². The molecular weight excluding hydrogens is 1710 g/mol. The van der Waals surface area contributed by atoms with Crippen LogP contribution < -0.4 is 68.4 Å². The number of nitrogens with zero attached hydrogens (tertiary/aromatic N) is 2. The Balaban J connectivity index is 1.01. The molecule has 0 saturated carbocycles. The summed E-state index contributed by atoms with van der Waals surface area (Å²) in [4.78, 5) is 175. The zero-order chi connectivity index (χ0) is 89.2. The summed E-state index contributed by atoms with van der Waals surface area (Å²) in [6, 6.07) is 5.50. The van der Waals surface area contributed by atoms with Gasteiger partial charge in [0.15, 0.2) is 5.72 Å². The minimum absolute atomic E-state index is 0.0339. The van der Waals surface area contributed by atoms with E-state index in [0.29, 0.717) is 29.5 Å². The van der Waals surface area contributed by atoms with E-state index in [2.05, 4.69) is 47.3 Å². The lowest BCUT2D eigenvalue weighted by Gasteiger charge is -2.42. The number of carbonyl (C=O) groups is 12. The number of aliphatic hydroxyl groups is 2. The van der Waals surface area contributed by atoms with Crippen molar-refractivity contribution in [2.24, 2.45) is 17.4 Å². The largest absolute Gasteiger partial charge is 0.495 e. The fourth-order valence-electron chi connectivity index (χ4n) is 14.0. The number of unbranched alkanes of at least 4 members (excludes halogenated alkanes) is 1. The van der Waals surface area contributed by atoms with Crippen LogP contribution in [-0.4, -0.2) is 254 Å². The van der Waals surface area contributed by atoms with Crippen molar-refractivity contribution in [1.82, 2.24) is 52.2 Å². The van der Waals surface area contributed by atoms with Gasteiger partial charge in [0, 0.05) is 73.1 Å². The number of fused-ring (bicyclic) bond motifs is 6. The molecule has 3 aromatic carbocycles. The molecule has 17 atom stereocenters. The van der Waals surface area contributed by atoms with Crippen LogP contribution in [0.4, 0.5) is 10.5 Å². The second kappa shape index (κ2) is 43.9. The van der Waals surface area contributed by atoms with Crippen LogP contribution in [0.5, 0.6) is 5.75 Å². The molecule has 4 aliphatic heterocycles. The SMILES string of the molecule is COc1cc2cc(c1Cl)N(C)C(=O)C[C@H](OC(=O)[C@H](C)N(C)C(=O)CCSSC(C)(C)[C@H](NC(=O)[C@@H]1CSSC[C@H](NC(=O)[C@@H](Cc3ccccc3)NS(C)(=O)=O)C(=O)N[C@@H](Cc3csc4ccccc34)C(=O)N[C@H](C)C(=O)N[C@@H](CCCCN)C(=O)N[C@@H]([C@@H](C)O)C(=O)N1)C(N)=O)[C@]1(C)OC1[C@H](C)[C@@H]1C[C@@](O)(NC(=O)O1)[C@H](OC)/C=C/C=C(\C)C2. The first-order valence-electron chi connectivity index (χ1n) is 39.2. The number of aliphatic hydroxyl groups excluding tert-OH is 1. The number of esters is 1. The maximum Gasteiger partial charge on any atom is 0.409 e. The number of allylic oxidation sites excluding steroid dienone is 3. The number of methoxy groups -OCH3 is 2. The predicted molar refractivity (Wildman–Crippen MR) is 465 cm³/mol. The Kier molecular flexibility index (Phi) is 35.6. The van der Waals surface area contributed by atoms with Gasteiger partial charge in [0.05, 0.1) is 37.7 Å². The lowest BCUT2D eigenvalue weighted by Crippen LogP contribution is -2.63. The number of rotatable bonds is 27. The van der Waals surface area contributed by atoms with Crippen LogP contribution in [0.15, 0.2) is 95.9 Å². The van der Waals surface area contributed by atoms with E-state index in [0.717, 1.165) is 70.0 Å². The summed E-state index contributed by atoms with van der Waals surface area (Å²) in [7, 11) is 5.52. The number of hydrogen-bond donors (Lipinski definition) is 13. The van der Waals surface area contributed by atoms with Crippen LogP contribution in [0.3, 0.4) is 0 Å². The number of halogens is 1. The molecule has 5 heterocycles. The van der Waals surface area contributed by atoms with Crippen molar-refractivity contribution in [2.45, 2.75) is 214 Å². The lowest BCUT2D eigenvalue weighted by molar-refractivity contribution is -0.162. The zero-order valence-corrected chi connectivity index (χ0v) is 75.2. The summed E-state index contributed by atoms with van der Waals surface area (Å²) < 4.78 is 57.3. The maximum atomic E-state index is 15.0. The van der Waals surface area contributed by atoms with E-state index in [-0.39, 0.29) is 73.0 Å². The third kappa shape index (κ3) is 26.9. The Hall–Kier alpha value is -8.26. The van der Waals surface area contributed by atoms with Gasteiger partial charge in [-0.1, -0.05) is 134 Å². The van der Waals surface area contributed by atoms with Gasteiger partial charge in [-0.3, -0.25) is 53.3 Å². The number of hydrogen-bond acceptors (Lipinski definition) is 27. The number of carbonyl (C=O) groups excluding carboxylic acids is 12. The predicted octanol–water partition coefficient (Wildman–Crippen LogP) is 3.49. The van der Waals surface area contributed by atoms with Crippen molar-refractivity contribution in [2.75, 3.05) is 63.3 Å². The maximum absolute atomic E-state index is 15.0. The fourth-order valence-corrected chi connectivity index (χ4v) is 21.0. The molecule has 0 radical (unpaired) electrons. The Bertz CT molecular complexity index is 4610. The molecular formula is C80H110ClN13O21S6. The van der Waals surface area contributed by atoms with E-state index in [1.807, 2.05) is 25.1 Å². The van der Waals surface area contributed by atoms with E-state index < -0.39 is 200 Å². The number of benzene rings is 3. The number of epoxide rings is 1. The number of alkyl carbamates (subject to hydrolysis) is 1. The van der Waals surface area contributed by atoms with Crippen molar-refractivity contribution < 1.29 is 99.8 Å². The molecule has 121 heavy (non-hydrogen) atoms. The Labute approximate surface area is 728 Å². The molecule has 3 saturated heterocycles. The van der Waals surface area contributed by atoms with Crippen LogP contribution >= 0.6 is 66.1 Å². The molecule has 0 aliphatic carbocycles. The van der Waals surface area contributed by atoms with Gasteiger partial charge in [0.1, 0.15) is 89.1 Å². The Morgan fingerprint density at radius 3 is 2.25 bits per heavy atom. The van der Waals surface area contributed by atoms with Crippen molar-refractivity contribution in [3.05, 3.63) is 118 Å². The van der Waals surface area contributed by atoms with E-state index in [4.69, 9.17) is 46.8 Å². The molecule has 0 spiro atoms. The van der Waals surface area contributed by atoms with Crippen LogP contribution in [0.1, 0.15) is 111 Å². The van der Waals surface area contributed by atoms with E-state index >= 15 is 4.79 Å². The molecule has 34 nitrogen and oxygen atoms in total. The average Bonchev–Trinajstić information content (AvgIpc) is 1.57. The van der Waals surface area contributed by atoms with E-state index in [1.165, 1.54) is 65.3 Å². The van der Waals surface area contributed by atoms with Crippen molar-refractivity contribution in [1.29, 1.82) is 0 Å².